The smallest absolute Gasteiger partial charge is 0.328 e. The minimum Gasteiger partial charge on any atom is -0.394 e. The number of aromatic nitrogens is 2. The van der Waals surface area contributed by atoms with E-state index in [0.717, 1.165) is 10.8 Å². The van der Waals surface area contributed by atoms with Gasteiger partial charge in [0.15, 0.2) is 0 Å². The second-order valence-corrected chi connectivity index (χ2v) is 4.15. The number of aliphatic hydroxyl groups is 2. The number of nitrogens with zero attached hydrogens (tertiary/aromatic N) is 1. The first kappa shape index (κ1) is 12.9. The standard InChI is InChI=1S/C10H13FN2O5/c11-6-2-13(10(17)12-9(6)16)5-1-7(15)8(3-14)18-4-5/h2,5,7-8,14-15H,1,3-4H2,(H,12,16,17)/t5-,7-,8+/m0/s1. The molecule has 1 aromatic rings. The number of rotatable bonds is 2. The third-order valence-corrected chi connectivity index (χ3v) is 2.94. The maximum atomic E-state index is 13.1. The van der Waals surface area contributed by atoms with Crippen LogP contribution in [-0.2, 0) is 4.74 Å². The van der Waals surface area contributed by atoms with Crippen molar-refractivity contribution in [2.24, 2.45) is 0 Å². The summed E-state index contributed by atoms with van der Waals surface area (Å²) >= 11 is 0. The van der Waals surface area contributed by atoms with Crippen molar-refractivity contribution in [3.63, 3.8) is 0 Å². The number of hydrogen-bond donors (Lipinski definition) is 3. The number of aromatic amines is 1. The van der Waals surface area contributed by atoms with Gasteiger partial charge in [-0.3, -0.25) is 14.3 Å². The predicted octanol–water partition coefficient (Wildman–Crippen LogP) is -1.64. The van der Waals surface area contributed by atoms with Gasteiger partial charge in [-0.25, -0.2) is 4.79 Å². The monoisotopic (exact) mass is 260 g/mol. The van der Waals surface area contributed by atoms with Crippen molar-refractivity contribution in [2.75, 3.05) is 13.2 Å². The van der Waals surface area contributed by atoms with Crippen molar-refractivity contribution in [3.05, 3.63) is 32.9 Å². The van der Waals surface area contributed by atoms with Gasteiger partial charge in [0.2, 0.25) is 5.82 Å². The van der Waals surface area contributed by atoms with Crippen molar-refractivity contribution >= 4 is 0 Å². The minimum atomic E-state index is -1.08. The van der Waals surface area contributed by atoms with Gasteiger partial charge < -0.3 is 14.9 Å². The van der Waals surface area contributed by atoms with Crippen molar-refractivity contribution in [3.8, 4) is 0 Å². The van der Waals surface area contributed by atoms with Crippen molar-refractivity contribution in [2.45, 2.75) is 24.7 Å². The Balaban J connectivity index is 2.26. The van der Waals surface area contributed by atoms with E-state index in [9.17, 15) is 19.1 Å². The Morgan fingerprint density at radius 2 is 2.28 bits per heavy atom. The number of nitrogens with one attached hydrogen (secondary N) is 1. The highest BCUT2D eigenvalue weighted by molar-refractivity contribution is 4.92. The molecule has 1 fully saturated rings. The lowest BCUT2D eigenvalue weighted by Gasteiger charge is -2.32. The zero-order chi connectivity index (χ0) is 13.3. The fraction of sp³-hybridized carbons (Fsp3) is 0.600. The first-order valence-corrected chi connectivity index (χ1v) is 5.44. The molecule has 2 rings (SSSR count). The first-order valence-electron chi connectivity index (χ1n) is 5.44. The number of ether oxygens (including phenoxy) is 1. The number of aliphatic hydroxyl groups excluding tert-OH is 2. The van der Waals surface area contributed by atoms with Crippen LogP contribution in [-0.4, -0.2) is 45.2 Å². The number of H-pyrrole nitrogens is 1. The fourth-order valence-electron chi connectivity index (χ4n) is 1.94. The van der Waals surface area contributed by atoms with Gasteiger partial charge in [-0.15, -0.1) is 0 Å². The van der Waals surface area contributed by atoms with E-state index >= 15 is 0 Å². The third-order valence-electron chi connectivity index (χ3n) is 2.94. The Bertz CT molecular complexity index is 540. The quantitative estimate of drug-likeness (QED) is 0.591. The highest BCUT2D eigenvalue weighted by atomic mass is 19.1. The van der Waals surface area contributed by atoms with E-state index in [1.54, 1.807) is 0 Å². The van der Waals surface area contributed by atoms with Crippen LogP contribution in [0.1, 0.15) is 12.5 Å². The van der Waals surface area contributed by atoms with Gasteiger partial charge in [0, 0.05) is 0 Å². The van der Waals surface area contributed by atoms with Gasteiger partial charge in [-0.05, 0) is 6.42 Å². The van der Waals surface area contributed by atoms with E-state index in [1.807, 2.05) is 4.98 Å². The molecule has 1 aliphatic rings. The average Bonchev–Trinajstić information content (AvgIpc) is 2.33. The van der Waals surface area contributed by atoms with Gasteiger partial charge in [0.05, 0.1) is 31.6 Å². The second-order valence-electron chi connectivity index (χ2n) is 4.15. The molecule has 0 aromatic carbocycles. The molecule has 1 aromatic heterocycles. The summed E-state index contributed by atoms with van der Waals surface area (Å²) in [5.74, 6) is -1.08. The van der Waals surface area contributed by atoms with Crippen molar-refractivity contribution in [1.82, 2.24) is 9.55 Å². The largest absolute Gasteiger partial charge is 0.394 e. The molecule has 3 N–H and O–H groups in total. The maximum Gasteiger partial charge on any atom is 0.328 e. The molecule has 8 heteroatoms. The Labute approximate surface area is 100 Å². The molecule has 0 amide bonds. The van der Waals surface area contributed by atoms with E-state index in [1.165, 1.54) is 0 Å². The molecular weight excluding hydrogens is 247 g/mol. The van der Waals surface area contributed by atoms with E-state index < -0.39 is 35.3 Å². The predicted molar refractivity (Wildman–Crippen MR) is 57.8 cm³/mol. The van der Waals surface area contributed by atoms with Crippen LogP contribution in [0.5, 0.6) is 0 Å². The zero-order valence-electron chi connectivity index (χ0n) is 9.38. The summed E-state index contributed by atoms with van der Waals surface area (Å²) in [7, 11) is 0. The molecular formula is C10H13FN2O5. The third kappa shape index (κ3) is 2.35. The molecule has 0 saturated carbocycles. The van der Waals surface area contributed by atoms with Crippen LogP contribution in [0, 0.1) is 5.82 Å². The molecule has 0 aliphatic carbocycles. The summed E-state index contributed by atoms with van der Waals surface area (Å²) in [5.41, 5.74) is -1.84. The summed E-state index contributed by atoms with van der Waals surface area (Å²) < 4.78 is 19.2. The van der Waals surface area contributed by atoms with Crippen LogP contribution in [0.4, 0.5) is 4.39 Å². The van der Waals surface area contributed by atoms with Gasteiger partial charge >= 0.3 is 5.69 Å². The van der Waals surface area contributed by atoms with Crippen LogP contribution < -0.4 is 11.2 Å². The molecule has 0 unspecified atom stereocenters. The number of halogens is 1. The lowest BCUT2D eigenvalue weighted by molar-refractivity contribution is -0.113. The summed E-state index contributed by atoms with van der Waals surface area (Å²) in [6, 6.07) is -0.582. The summed E-state index contributed by atoms with van der Waals surface area (Å²) in [4.78, 5) is 24.2. The van der Waals surface area contributed by atoms with Crippen LogP contribution >= 0.6 is 0 Å². The molecule has 7 nitrogen and oxygen atoms in total. The normalized spacial score (nSPS) is 28.3. The maximum absolute atomic E-state index is 13.1. The van der Waals surface area contributed by atoms with Crippen molar-refractivity contribution < 1.29 is 19.3 Å². The fourth-order valence-corrected chi connectivity index (χ4v) is 1.94. The second kappa shape index (κ2) is 5.01. The summed E-state index contributed by atoms with van der Waals surface area (Å²) in [6.45, 7) is -0.281. The molecule has 3 atom stereocenters. The van der Waals surface area contributed by atoms with E-state index in [-0.39, 0.29) is 19.6 Å². The highest BCUT2D eigenvalue weighted by Gasteiger charge is 2.31. The summed E-state index contributed by atoms with van der Waals surface area (Å²) in [6.07, 6.45) is -0.724. The number of hydrogen-bond acceptors (Lipinski definition) is 5. The molecule has 1 saturated heterocycles. The van der Waals surface area contributed by atoms with Gasteiger partial charge in [0.1, 0.15) is 6.10 Å². The molecule has 100 valence electrons. The van der Waals surface area contributed by atoms with Crippen LogP contribution in [0.15, 0.2) is 15.8 Å². The average molecular weight is 260 g/mol. The van der Waals surface area contributed by atoms with Gasteiger partial charge in [0.25, 0.3) is 5.56 Å². The van der Waals surface area contributed by atoms with Crippen LogP contribution in [0.25, 0.3) is 0 Å². The van der Waals surface area contributed by atoms with E-state index in [4.69, 9.17) is 9.84 Å². The van der Waals surface area contributed by atoms with Crippen molar-refractivity contribution in [1.29, 1.82) is 0 Å². The van der Waals surface area contributed by atoms with Gasteiger partial charge in [-0.2, -0.15) is 4.39 Å². The summed E-state index contributed by atoms with van der Waals surface area (Å²) in [5, 5.41) is 18.5. The van der Waals surface area contributed by atoms with E-state index in [2.05, 4.69) is 0 Å². The zero-order valence-corrected chi connectivity index (χ0v) is 9.38. The lowest BCUT2D eigenvalue weighted by Crippen LogP contribution is -2.44. The topological polar surface area (TPSA) is 105 Å². The Kier molecular flexibility index (Phi) is 3.60. The first-order chi connectivity index (χ1) is 8.52. The Hall–Kier alpha value is -1.51. The molecule has 18 heavy (non-hydrogen) atoms. The molecule has 1 aliphatic heterocycles. The SMILES string of the molecule is O=c1[nH]c(=O)n([C@@H]2CO[C@H](CO)[C@@H](O)C2)cc1F. The Morgan fingerprint density at radius 3 is 2.89 bits per heavy atom. The lowest BCUT2D eigenvalue weighted by atomic mass is 10.0. The Morgan fingerprint density at radius 1 is 1.56 bits per heavy atom. The highest BCUT2D eigenvalue weighted by Crippen LogP contribution is 2.22. The molecule has 2 heterocycles. The van der Waals surface area contributed by atoms with E-state index in [0.29, 0.717) is 0 Å². The van der Waals surface area contributed by atoms with Crippen LogP contribution in [0.2, 0.25) is 0 Å². The molecule has 0 bridgehead atoms. The molecule has 0 radical (unpaired) electrons. The van der Waals surface area contributed by atoms with Crippen LogP contribution in [0.3, 0.4) is 0 Å². The molecule has 0 spiro atoms. The van der Waals surface area contributed by atoms with Gasteiger partial charge in [-0.1, -0.05) is 0 Å². The minimum absolute atomic E-state index is 0.0493.